The van der Waals surface area contributed by atoms with Crippen LogP contribution in [0.25, 0.3) is 0 Å². The van der Waals surface area contributed by atoms with Crippen LogP contribution in [0.5, 0.6) is 0 Å². The molecule has 0 saturated heterocycles. The van der Waals surface area contributed by atoms with E-state index in [2.05, 4.69) is 20.8 Å². The summed E-state index contributed by atoms with van der Waals surface area (Å²) < 4.78 is 5.47. The van der Waals surface area contributed by atoms with Crippen molar-refractivity contribution in [2.24, 2.45) is 5.92 Å². The first kappa shape index (κ1) is 45.5. The number of carbonyl (C=O) groups is 1. The van der Waals surface area contributed by atoms with Gasteiger partial charge in [-0.2, -0.15) is 0 Å². The molecule has 0 atom stereocenters. The molecule has 0 unspecified atom stereocenters. The number of hydrogen-bond acceptors (Lipinski definition) is 2. The van der Waals surface area contributed by atoms with Crippen molar-refractivity contribution in [3.63, 3.8) is 0 Å². The van der Waals surface area contributed by atoms with Crippen LogP contribution in [0.4, 0.5) is 0 Å². The van der Waals surface area contributed by atoms with Crippen molar-refractivity contribution in [3.8, 4) is 0 Å². The molecule has 0 heterocycles. The molecule has 0 aromatic carbocycles. The average Bonchev–Trinajstić information content (AvgIpc) is 3.04. The first-order valence-corrected chi connectivity index (χ1v) is 21.8. The van der Waals surface area contributed by atoms with Crippen molar-refractivity contribution in [1.29, 1.82) is 0 Å². The van der Waals surface area contributed by atoms with Crippen LogP contribution in [0.2, 0.25) is 0 Å². The zero-order chi connectivity index (χ0) is 33.4. The molecule has 0 aromatic rings. The van der Waals surface area contributed by atoms with Gasteiger partial charge >= 0.3 is 5.97 Å². The topological polar surface area (TPSA) is 26.3 Å². The number of carbonyl (C=O) groups excluding carboxylic acids is 1. The Kier molecular flexibility index (Phi) is 40.2. The molecular formula is C44H88O2. The molecule has 2 heteroatoms. The maximum absolute atomic E-state index is 12.0. The smallest absolute Gasteiger partial charge is 0.305 e. The molecule has 2 nitrogen and oxygen atoms in total. The lowest BCUT2D eigenvalue weighted by molar-refractivity contribution is -0.143. The van der Waals surface area contributed by atoms with Gasteiger partial charge in [0.2, 0.25) is 0 Å². The first-order chi connectivity index (χ1) is 22.7. The largest absolute Gasteiger partial charge is 0.466 e. The number of hydrogen-bond donors (Lipinski definition) is 0. The summed E-state index contributed by atoms with van der Waals surface area (Å²) >= 11 is 0. The zero-order valence-electron chi connectivity index (χ0n) is 32.5. The fourth-order valence-corrected chi connectivity index (χ4v) is 6.91. The summed E-state index contributed by atoms with van der Waals surface area (Å²) in [7, 11) is 0. The van der Waals surface area contributed by atoms with E-state index in [9.17, 15) is 4.79 Å². The van der Waals surface area contributed by atoms with E-state index < -0.39 is 0 Å². The highest BCUT2D eigenvalue weighted by Crippen LogP contribution is 2.17. The van der Waals surface area contributed by atoms with E-state index >= 15 is 0 Å². The molecule has 0 fully saturated rings. The summed E-state index contributed by atoms with van der Waals surface area (Å²) in [6.07, 6.45) is 52.0. The van der Waals surface area contributed by atoms with Gasteiger partial charge in [0.1, 0.15) is 0 Å². The third-order valence-corrected chi connectivity index (χ3v) is 10.2. The summed E-state index contributed by atoms with van der Waals surface area (Å²) in [6, 6.07) is 0. The standard InChI is InChI=1S/C44H88O2/c1-4-5-6-7-8-9-10-11-19-23-26-29-32-35-38-41-44(45)46-42-39-36-33-30-27-24-21-18-16-14-12-13-15-17-20-22-25-28-31-34-37-40-43(2)3/h43H,4-42H2,1-3H3. The van der Waals surface area contributed by atoms with Gasteiger partial charge in [-0.15, -0.1) is 0 Å². The molecular weight excluding hydrogens is 560 g/mol. The fourth-order valence-electron chi connectivity index (χ4n) is 6.91. The maximum Gasteiger partial charge on any atom is 0.305 e. The van der Waals surface area contributed by atoms with E-state index in [0.29, 0.717) is 13.0 Å². The van der Waals surface area contributed by atoms with Gasteiger partial charge in [0.25, 0.3) is 0 Å². The van der Waals surface area contributed by atoms with E-state index in [1.165, 1.54) is 225 Å². The Hall–Kier alpha value is -0.530. The lowest BCUT2D eigenvalue weighted by Crippen LogP contribution is -2.05. The van der Waals surface area contributed by atoms with Crippen LogP contribution >= 0.6 is 0 Å². The van der Waals surface area contributed by atoms with E-state index in [1.807, 2.05) is 0 Å². The SMILES string of the molecule is CCCCCCCCCCCCCCCCCC(=O)OCCCCCCCCCCCCCCCCCCCCCCCC(C)C. The Morgan fingerprint density at radius 3 is 0.935 bits per heavy atom. The number of rotatable bonds is 40. The molecule has 0 amide bonds. The van der Waals surface area contributed by atoms with Gasteiger partial charge in [0, 0.05) is 6.42 Å². The third-order valence-electron chi connectivity index (χ3n) is 10.2. The predicted molar refractivity (Wildman–Crippen MR) is 207 cm³/mol. The zero-order valence-corrected chi connectivity index (χ0v) is 32.5. The summed E-state index contributed by atoms with van der Waals surface area (Å²) in [5.74, 6) is 0.916. The van der Waals surface area contributed by atoms with E-state index in [1.54, 1.807) is 0 Å². The number of esters is 1. The minimum Gasteiger partial charge on any atom is -0.466 e. The molecule has 0 aliphatic rings. The van der Waals surface area contributed by atoms with Crippen molar-refractivity contribution in [2.45, 2.75) is 265 Å². The van der Waals surface area contributed by atoms with Crippen molar-refractivity contribution < 1.29 is 9.53 Å². The Balaban J connectivity index is 3.14. The number of unbranched alkanes of at least 4 members (excludes halogenated alkanes) is 34. The third kappa shape index (κ3) is 41.5. The summed E-state index contributed by atoms with van der Waals surface area (Å²) in [5, 5.41) is 0. The Morgan fingerprint density at radius 1 is 0.370 bits per heavy atom. The van der Waals surface area contributed by atoms with Gasteiger partial charge in [0.15, 0.2) is 0 Å². The molecule has 0 aromatic heterocycles. The van der Waals surface area contributed by atoms with Crippen LogP contribution < -0.4 is 0 Å². The molecule has 0 N–H and O–H groups in total. The van der Waals surface area contributed by atoms with Crippen molar-refractivity contribution in [3.05, 3.63) is 0 Å². The van der Waals surface area contributed by atoms with Gasteiger partial charge in [0.05, 0.1) is 6.61 Å². The molecule has 0 aliphatic heterocycles. The second-order valence-electron chi connectivity index (χ2n) is 15.5. The van der Waals surface area contributed by atoms with Crippen LogP contribution in [-0.2, 0) is 9.53 Å². The van der Waals surface area contributed by atoms with Gasteiger partial charge in [-0.25, -0.2) is 0 Å². The molecule has 0 aliphatic carbocycles. The van der Waals surface area contributed by atoms with Gasteiger partial charge in [-0.1, -0.05) is 245 Å². The molecule has 46 heavy (non-hydrogen) atoms. The maximum atomic E-state index is 12.0. The van der Waals surface area contributed by atoms with Crippen LogP contribution in [0.15, 0.2) is 0 Å². The highest BCUT2D eigenvalue weighted by atomic mass is 16.5. The fraction of sp³-hybridized carbons (Fsp3) is 0.977. The van der Waals surface area contributed by atoms with E-state index in [4.69, 9.17) is 4.74 Å². The van der Waals surface area contributed by atoms with Crippen molar-refractivity contribution in [2.75, 3.05) is 6.61 Å². The number of ether oxygens (including phenoxy) is 1. The van der Waals surface area contributed by atoms with Crippen LogP contribution in [0.1, 0.15) is 265 Å². The molecule has 276 valence electrons. The monoisotopic (exact) mass is 649 g/mol. The quantitative estimate of drug-likeness (QED) is 0.0488. The second-order valence-corrected chi connectivity index (χ2v) is 15.5. The summed E-state index contributed by atoms with van der Waals surface area (Å²) in [4.78, 5) is 12.0. The van der Waals surface area contributed by atoms with E-state index in [0.717, 1.165) is 18.8 Å². The van der Waals surface area contributed by atoms with Crippen LogP contribution in [0, 0.1) is 5.92 Å². The first-order valence-electron chi connectivity index (χ1n) is 21.8. The molecule has 0 rings (SSSR count). The molecule has 0 spiro atoms. The molecule has 0 saturated carbocycles. The molecule has 0 radical (unpaired) electrons. The van der Waals surface area contributed by atoms with Gasteiger partial charge in [-0.3, -0.25) is 4.79 Å². The lowest BCUT2D eigenvalue weighted by Gasteiger charge is -2.06. The normalized spacial score (nSPS) is 11.6. The summed E-state index contributed by atoms with van der Waals surface area (Å²) in [5.41, 5.74) is 0. The highest BCUT2D eigenvalue weighted by Gasteiger charge is 2.03. The van der Waals surface area contributed by atoms with E-state index in [-0.39, 0.29) is 5.97 Å². The van der Waals surface area contributed by atoms with Crippen LogP contribution in [-0.4, -0.2) is 12.6 Å². The highest BCUT2D eigenvalue weighted by molar-refractivity contribution is 5.69. The Morgan fingerprint density at radius 2 is 0.630 bits per heavy atom. The minimum atomic E-state index is 0.0308. The second kappa shape index (κ2) is 40.6. The Labute approximate surface area is 292 Å². The van der Waals surface area contributed by atoms with Crippen molar-refractivity contribution >= 4 is 5.97 Å². The Bertz CT molecular complexity index is 556. The average molecular weight is 649 g/mol. The van der Waals surface area contributed by atoms with Crippen molar-refractivity contribution in [1.82, 2.24) is 0 Å². The van der Waals surface area contributed by atoms with Gasteiger partial charge < -0.3 is 4.74 Å². The van der Waals surface area contributed by atoms with Crippen LogP contribution in [0.3, 0.4) is 0 Å². The minimum absolute atomic E-state index is 0.0308. The van der Waals surface area contributed by atoms with Gasteiger partial charge in [-0.05, 0) is 18.8 Å². The molecule has 0 bridgehead atoms. The predicted octanol–water partition coefficient (Wildman–Crippen LogP) is 16.0. The lowest BCUT2D eigenvalue weighted by atomic mass is 10.0. The summed E-state index contributed by atoms with van der Waals surface area (Å²) in [6.45, 7) is 7.61.